The molecule has 7 nitrogen and oxygen atoms in total. The molecule has 0 atom stereocenters. The van der Waals surface area contributed by atoms with Crippen LogP contribution in [0.5, 0.6) is 23.0 Å². The zero-order chi connectivity index (χ0) is 18.1. The fourth-order valence-corrected chi connectivity index (χ4v) is 1.98. The van der Waals surface area contributed by atoms with E-state index in [2.05, 4.69) is 10.5 Å². The summed E-state index contributed by atoms with van der Waals surface area (Å²) in [4.78, 5) is 11.8. The van der Waals surface area contributed by atoms with Crippen LogP contribution in [-0.4, -0.2) is 40.1 Å². The highest BCUT2D eigenvalue weighted by molar-refractivity contribution is 5.83. The second-order valence-corrected chi connectivity index (χ2v) is 4.88. The van der Waals surface area contributed by atoms with Crippen molar-refractivity contribution < 1.29 is 23.7 Å². The molecule has 0 saturated heterocycles. The molecule has 0 aliphatic heterocycles. The maximum atomic E-state index is 11.8. The summed E-state index contributed by atoms with van der Waals surface area (Å²) < 4.78 is 20.8. The second-order valence-electron chi connectivity index (χ2n) is 4.88. The van der Waals surface area contributed by atoms with Crippen molar-refractivity contribution in [1.29, 1.82) is 0 Å². The van der Waals surface area contributed by atoms with Gasteiger partial charge in [0.15, 0.2) is 18.1 Å². The van der Waals surface area contributed by atoms with Crippen molar-refractivity contribution >= 4 is 12.1 Å². The number of hydrogen-bond acceptors (Lipinski definition) is 6. The molecule has 2 aromatic carbocycles. The molecule has 25 heavy (non-hydrogen) atoms. The highest BCUT2D eigenvalue weighted by atomic mass is 16.5. The predicted octanol–water partition coefficient (Wildman–Crippen LogP) is 2.24. The Balaban J connectivity index is 1.85. The Labute approximate surface area is 146 Å². The molecule has 2 rings (SSSR count). The SMILES string of the molecule is COc1cccc(OCC(=O)N/N=C/c2ccc(OC)c(OC)c2)c1. The van der Waals surface area contributed by atoms with Gasteiger partial charge in [0.05, 0.1) is 27.5 Å². The molecule has 1 N–H and O–H groups in total. The van der Waals surface area contributed by atoms with Crippen molar-refractivity contribution in [3.05, 3.63) is 48.0 Å². The maximum Gasteiger partial charge on any atom is 0.277 e. The van der Waals surface area contributed by atoms with Gasteiger partial charge in [-0.15, -0.1) is 0 Å². The van der Waals surface area contributed by atoms with Gasteiger partial charge >= 0.3 is 0 Å². The highest BCUT2D eigenvalue weighted by Gasteiger charge is 2.04. The number of carbonyl (C=O) groups is 1. The number of amides is 1. The Hall–Kier alpha value is -3.22. The van der Waals surface area contributed by atoms with E-state index in [-0.39, 0.29) is 12.5 Å². The van der Waals surface area contributed by atoms with Crippen molar-refractivity contribution in [2.24, 2.45) is 5.10 Å². The summed E-state index contributed by atoms with van der Waals surface area (Å²) in [5, 5.41) is 3.89. The third-order valence-electron chi connectivity index (χ3n) is 3.22. The van der Waals surface area contributed by atoms with Gasteiger partial charge in [0.25, 0.3) is 5.91 Å². The molecule has 0 unspecified atom stereocenters. The van der Waals surface area contributed by atoms with Crippen LogP contribution in [0.4, 0.5) is 0 Å². The van der Waals surface area contributed by atoms with Crippen LogP contribution in [0.3, 0.4) is 0 Å². The van der Waals surface area contributed by atoms with Crippen LogP contribution in [0, 0.1) is 0 Å². The summed E-state index contributed by atoms with van der Waals surface area (Å²) in [7, 11) is 4.68. The van der Waals surface area contributed by atoms with Crippen LogP contribution < -0.4 is 24.4 Å². The van der Waals surface area contributed by atoms with Gasteiger partial charge in [-0.25, -0.2) is 5.43 Å². The quantitative estimate of drug-likeness (QED) is 0.587. The monoisotopic (exact) mass is 344 g/mol. The Morgan fingerprint density at radius 3 is 2.48 bits per heavy atom. The molecule has 0 heterocycles. The van der Waals surface area contributed by atoms with Crippen molar-refractivity contribution in [3.63, 3.8) is 0 Å². The number of nitrogens with one attached hydrogen (secondary N) is 1. The summed E-state index contributed by atoms with van der Waals surface area (Å²) in [5.74, 6) is 2.02. The highest BCUT2D eigenvalue weighted by Crippen LogP contribution is 2.26. The van der Waals surface area contributed by atoms with Gasteiger partial charge in [0.1, 0.15) is 11.5 Å². The molecule has 0 saturated carbocycles. The first-order valence-corrected chi connectivity index (χ1v) is 7.47. The number of rotatable bonds is 8. The fraction of sp³-hybridized carbons (Fsp3) is 0.222. The summed E-state index contributed by atoms with van der Waals surface area (Å²) in [6, 6.07) is 12.3. The average Bonchev–Trinajstić information content (AvgIpc) is 2.66. The lowest BCUT2D eigenvalue weighted by atomic mass is 10.2. The number of carbonyl (C=O) groups excluding carboxylic acids is 1. The third kappa shape index (κ3) is 5.42. The first kappa shape index (κ1) is 18.1. The molecule has 7 heteroatoms. The van der Waals surface area contributed by atoms with Crippen LogP contribution in [0.1, 0.15) is 5.56 Å². The van der Waals surface area contributed by atoms with E-state index >= 15 is 0 Å². The zero-order valence-corrected chi connectivity index (χ0v) is 14.3. The van der Waals surface area contributed by atoms with Gasteiger partial charge < -0.3 is 18.9 Å². The predicted molar refractivity (Wildman–Crippen MR) is 93.8 cm³/mol. The van der Waals surface area contributed by atoms with Gasteiger partial charge in [-0.2, -0.15) is 5.10 Å². The Morgan fingerprint density at radius 2 is 1.76 bits per heavy atom. The smallest absolute Gasteiger partial charge is 0.277 e. The van der Waals surface area contributed by atoms with E-state index in [0.717, 1.165) is 5.56 Å². The number of nitrogens with zero attached hydrogens (tertiary/aromatic N) is 1. The fourth-order valence-electron chi connectivity index (χ4n) is 1.98. The van der Waals surface area contributed by atoms with E-state index in [1.165, 1.54) is 6.21 Å². The summed E-state index contributed by atoms with van der Waals surface area (Å²) in [5.41, 5.74) is 3.15. The Kier molecular flexibility index (Phi) is 6.65. The van der Waals surface area contributed by atoms with Crippen LogP contribution in [-0.2, 0) is 4.79 Å². The molecule has 0 aromatic heterocycles. The van der Waals surface area contributed by atoms with E-state index in [1.54, 1.807) is 63.8 Å². The zero-order valence-electron chi connectivity index (χ0n) is 14.3. The largest absolute Gasteiger partial charge is 0.497 e. The minimum atomic E-state index is -0.375. The van der Waals surface area contributed by atoms with Crippen LogP contribution in [0.2, 0.25) is 0 Å². The van der Waals surface area contributed by atoms with Crippen molar-refractivity contribution in [1.82, 2.24) is 5.43 Å². The molecule has 0 fully saturated rings. The number of benzene rings is 2. The van der Waals surface area contributed by atoms with E-state index in [9.17, 15) is 4.79 Å². The Morgan fingerprint density at radius 1 is 1.00 bits per heavy atom. The van der Waals surface area contributed by atoms with Crippen LogP contribution >= 0.6 is 0 Å². The lowest BCUT2D eigenvalue weighted by Gasteiger charge is -2.07. The van der Waals surface area contributed by atoms with Gasteiger partial charge in [-0.05, 0) is 35.9 Å². The molecular weight excluding hydrogens is 324 g/mol. The van der Waals surface area contributed by atoms with Crippen LogP contribution in [0.25, 0.3) is 0 Å². The standard InChI is InChI=1S/C18H20N2O5/c1-22-14-5-4-6-15(10-14)25-12-18(21)20-19-11-13-7-8-16(23-2)17(9-13)24-3/h4-11H,12H2,1-3H3,(H,20,21)/b19-11+. The number of hydrogen-bond donors (Lipinski definition) is 1. The van der Waals surface area contributed by atoms with Crippen molar-refractivity contribution in [3.8, 4) is 23.0 Å². The molecule has 2 aromatic rings. The lowest BCUT2D eigenvalue weighted by Crippen LogP contribution is -2.24. The lowest BCUT2D eigenvalue weighted by molar-refractivity contribution is -0.123. The molecule has 0 spiro atoms. The second kappa shape index (κ2) is 9.17. The summed E-state index contributed by atoms with van der Waals surface area (Å²) >= 11 is 0. The molecule has 0 radical (unpaired) electrons. The topological polar surface area (TPSA) is 78.4 Å². The Bertz CT molecular complexity index is 746. The van der Waals surface area contributed by atoms with Gasteiger partial charge in [0.2, 0.25) is 0 Å². The van der Waals surface area contributed by atoms with Crippen molar-refractivity contribution in [2.45, 2.75) is 0 Å². The minimum Gasteiger partial charge on any atom is -0.497 e. The van der Waals surface area contributed by atoms with E-state index in [0.29, 0.717) is 23.0 Å². The molecule has 0 bridgehead atoms. The molecule has 132 valence electrons. The first-order chi connectivity index (χ1) is 12.2. The molecular formula is C18H20N2O5. The van der Waals surface area contributed by atoms with Gasteiger partial charge in [-0.1, -0.05) is 6.07 Å². The maximum absolute atomic E-state index is 11.8. The number of hydrazone groups is 1. The summed E-state index contributed by atoms with van der Waals surface area (Å²) in [6.07, 6.45) is 1.51. The molecule has 0 aliphatic rings. The van der Waals surface area contributed by atoms with Crippen molar-refractivity contribution in [2.75, 3.05) is 27.9 Å². The molecule has 1 amide bonds. The average molecular weight is 344 g/mol. The first-order valence-electron chi connectivity index (χ1n) is 7.47. The van der Waals surface area contributed by atoms with E-state index < -0.39 is 0 Å². The van der Waals surface area contributed by atoms with Gasteiger partial charge in [0, 0.05) is 6.07 Å². The molecule has 0 aliphatic carbocycles. The normalized spacial score (nSPS) is 10.4. The van der Waals surface area contributed by atoms with Gasteiger partial charge in [-0.3, -0.25) is 4.79 Å². The summed E-state index contributed by atoms with van der Waals surface area (Å²) in [6.45, 7) is -0.156. The number of ether oxygens (including phenoxy) is 4. The minimum absolute atomic E-state index is 0.156. The van der Waals surface area contributed by atoms with E-state index in [1.807, 2.05) is 0 Å². The number of methoxy groups -OCH3 is 3. The van der Waals surface area contributed by atoms with Crippen LogP contribution in [0.15, 0.2) is 47.6 Å². The van der Waals surface area contributed by atoms with E-state index in [4.69, 9.17) is 18.9 Å². The third-order valence-corrected chi connectivity index (χ3v) is 3.22.